The topological polar surface area (TPSA) is 77.7 Å². The molecule has 2 aliphatic rings. The lowest BCUT2D eigenvalue weighted by Gasteiger charge is -2.43. The van der Waals surface area contributed by atoms with E-state index < -0.39 is 0 Å². The number of ether oxygens (including phenoxy) is 2. The Bertz CT molecular complexity index is 591. The molecule has 1 aliphatic carbocycles. The minimum atomic E-state index is -0.202. The van der Waals surface area contributed by atoms with Crippen LogP contribution in [0.4, 0.5) is 5.13 Å². The summed E-state index contributed by atoms with van der Waals surface area (Å²) in [5.41, 5.74) is 6.40. The van der Waals surface area contributed by atoms with E-state index in [-0.39, 0.29) is 23.7 Å². The predicted molar refractivity (Wildman–Crippen MR) is 89.5 cm³/mol. The van der Waals surface area contributed by atoms with Crippen LogP contribution in [0.25, 0.3) is 0 Å². The summed E-state index contributed by atoms with van der Waals surface area (Å²) in [7, 11) is 3.51. The number of hydrogen-bond donors (Lipinski definition) is 1. The number of thiazole rings is 1. The van der Waals surface area contributed by atoms with Crippen molar-refractivity contribution in [1.29, 1.82) is 0 Å². The van der Waals surface area contributed by atoms with Crippen LogP contribution in [-0.2, 0) is 20.7 Å². The van der Waals surface area contributed by atoms with Crippen LogP contribution < -0.4 is 5.73 Å². The molecule has 3 rings (SSSR count). The number of nitrogens with zero attached hydrogens (tertiary/aromatic N) is 2. The summed E-state index contributed by atoms with van der Waals surface area (Å²) in [5, 5.41) is 0.523. The van der Waals surface area contributed by atoms with Gasteiger partial charge in [0, 0.05) is 25.6 Å². The van der Waals surface area contributed by atoms with Crippen LogP contribution in [0.15, 0.2) is 0 Å². The van der Waals surface area contributed by atoms with Crippen LogP contribution in [0, 0.1) is 6.92 Å². The van der Waals surface area contributed by atoms with Crippen LogP contribution in [-0.4, -0.2) is 54.3 Å². The van der Waals surface area contributed by atoms with Crippen molar-refractivity contribution in [1.82, 2.24) is 9.88 Å². The highest BCUT2D eigenvalue weighted by atomic mass is 32.1. The molecule has 23 heavy (non-hydrogen) atoms. The van der Waals surface area contributed by atoms with E-state index in [0.717, 1.165) is 42.8 Å². The number of methoxy groups -OCH3 is 2. The first-order valence-corrected chi connectivity index (χ1v) is 8.90. The standard InChI is InChI=1S/C16H25N3O3S/c1-10-12(23-15(17)18-10)9-14(20)19-7-6-16(22-3)5-4-11(21-2)8-13(16)19/h11,13H,4-9H2,1-3H3,(H2,17,18)/t11-,13-,16+/m0/s1. The van der Waals surface area contributed by atoms with Crippen LogP contribution in [0.2, 0.25) is 0 Å². The Labute approximate surface area is 141 Å². The highest BCUT2D eigenvalue weighted by Gasteiger charge is 2.52. The zero-order valence-corrected chi connectivity index (χ0v) is 14.8. The summed E-state index contributed by atoms with van der Waals surface area (Å²) in [4.78, 5) is 20.0. The molecule has 2 N–H and O–H groups in total. The van der Waals surface area contributed by atoms with Crippen molar-refractivity contribution in [2.24, 2.45) is 0 Å². The number of nitrogen functional groups attached to an aromatic ring is 1. The van der Waals surface area contributed by atoms with Crippen molar-refractivity contribution in [3.63, 3.8) is 0 Å². The number of carbonyl (C=O) groups is 1. The second-order valence-corrected chi connectivity index (χ2v) is 7.61. The van der Waals surface area contributed by atoms with E-state index in [4.69, 9.17) is 15.2 Å². The molecule has 3 atom stereocenters. The van der Waals surface area contributed by atoms with E-state index in [9.17, 15) is 4.79 Å². The first-order chi connectivity index (χ1) is 11.0. The molecule has 1 aliphatic heterocycles. The molecule has 0 radical (unpaired) electrons. The lowest BCUT2D eigenvalue weighted by atomic mass is 9.79. The lowest BCUT2D eigenvalue weighted by molar-refractivity contribution is -0.140. The highest BCUT2D eigenvalue weighted by Crippen LogP contribution is 2.43. The third-order valence-corrected chi connectivity index (χ3v) is 6.40. The predicted octanol–water partition coefficient (Wildman–Crippen LogP) is 1.76. The van der Waals surface area contributed by atoms with Gasteiger partial charge in [-0.3, -0.25) is 4.79 Å². The monoisotopic (exact) mass is 339 g/mol. The van der Waals surface area contributed by atoms with Gasteiger partial charge in [-0.15, -0.1) is 11.3 Å². The SMILES string of the molecule is CO[C@H]1CC[C@@]2(OC)CCN(C(=O)Cc3sc(N)nc3C)[C@H]2C1. The Morgan fingerprint density at radius 3 is 2.87 bits per heavy atom. The fourth-order valence-corrected chi connectivity index (χ4v) is 4.85. The van der Waals surface area contributed by atoms with Gasteiger partial charge in [0.2, 0.25) is 5.91 Å². The quantitative estimate of drug-likeness (QED) is 0.904. The van der Waals surface area contributed by atoms with Gasteiger partial charge in [0.25, 0.3) is 0 Å². The summed E-state index contributed by atoms with van der Waals surface area (Å²) >= 11 is 1.40. The lowest BCUT2D eigenvalue weighted by Crippen LogP contribution is -2.53. The van der Waals surface area contributed by atoms with E-state index in [1.807, 2.05) is 11.8 Å². The van der Waals surface area contributed by atoms with Gasteiger partial charge < -0.3 is 20.1 Å². The fraction of sp³-hybridized carbons (Fsp3) is 0.750. The number of amides is 1. The first kappa shape index (κ1) is 16.7. The number of aryl methyl sites for hydroxylation is 1. The summed E-state index contributed by atoms with van der Waals surface area (Å²) in [6, 6.07) is 0.101. The van der Waals surface area contributed by atoms with E-state index in [2.05, 4.69) is 4.98 Å². The molecule has 2 fully saturated rings. The molecule has 0 unspecified atom stereocenters. The van der Waals surface area contributed by atoms with Crippen LogP contribution >= 0.6 is 11.3 Å². The molecule has 1 saturated carbocycles. The Balaban J connectivity index is 1.76. The molecular weight excluding hydrogens is 314 g/mol. The molecule has 1 aromatic rings. The third kappa shape index (κ3) is 2.97. The minimum Gasteiger partial charge on any atom is -0.381 e. The maximum atomic E-state index is 12.9. The summed E-state index contributed by atoms with van der Waals surface area (Å²) in [6.45, 7) is 2.65. The summed E-state index contributed by atoms with van der Waals surface area (Å²) in [6.07, 6.45) is 4.27. The number of anilines is 1. The van der Waals surface area contributed by atoms with Gasteiger partial charge in [-0.05, 0) is 32.6 Å². The van der Waals surface area contributed by atoms with Crippen molar-refractivity contribution in [2.45, 2.75) is 56.8 Å². The molecule has 1 aromatic heterocycles. The van der Waals surface area contributed by atoms with E-state index in [0.29, 0.717) is 11.6 Å². The number of carbonyl (C=O) groups excluding carboxylic acids is 1. The minimum absolute atomic E-state index is 0.101. The Morgan fingerprint density at radius 1 is 1.48 bits per heavy atom. The first-order valence-electron chi connectivity index (χ1n) is 8.08. The Morgan fingerprint density at radius 2 is 2.26 bits per heavy atom. The van der Waals surface area contributed by atoms with Gasteiger partial charge >= 0.3 is 0 Å². The normalized spacial score (nSPS) is 30.5. The third-order valence-electron chi connectivity index (χ3n) is 5.42. The number of hydrogen-bond acceptors (Lipinski definition) is 6. The maximum absolute atomic E-state index is 12.9. The molecule has 1 saturated heterocycles. The van der Waals surface area contributed by atoms with Gasteiger partial charge in [-0.2, -0.15) is 0 Å². The molecule has 7 heteroatoms. The second kappa shape index (κ2) is 6.37. The molecular formula is C16H25N3O3S. The zero-order chi connectivity index (χ0) is 16.6. The van der Waals surface area contributed by atoms with E-state index in [1.165, 1.54) is 11.3 Å². The van der Waals surface area contributed by atoms with Crippen LogP contribution in [0.5, 0.6) is 0 Å². The van der Waals surface area contributed by atoms with Crippen molar-refractivity contribution in [3.8, 4) is 0 Å². The second-order valence-electron chi connectivity index (χ2n) is 6.49. The Hall–Kier alpha value is -1.18. The van der Waals surface area contributed by atoms with Crippen molar-refractivity contribution < 1.29 is 14.3 Å². The van der Waals surface area contributed by atoms with Gasteiger partial charge in [0.15, 0.2) is 5.13 Å². The van der Waals surface area contributed by atoms with Crippen molar-refractivity contribution >= 4 is 22.4 Å². The molecule has 128 valence electrons. The molecule has 0 bridgehead atoms. The molecule has 1 amide bonds. The molecule has 0 spiro atoms. The van der Waals surface area contributed by atoms with Crippen molar-refractivity contribution in [3.05, 3.63) is 10.6 Å². The number of aromatic nitrogens is 1. The van der Waals surface area contributed by atoms with E-state index in [1.54, 1.807) is 14.2 Å². The zero-order valence-electron chi connectivity index (χ0n) is 14.0. The number of rotatable bonds is 4. The van der Waals surface area contributed by atoms with Gasteiger partial charge in [0.05, 0.1) is 29.9 Å². The van der Waals surface area contributed by atoms with Gasteiger partial charge in [-0.1, -0.05) is 0 Å². The number of fused-ring (bicyclic) bond motifs is 1. The Kier molecular flexibility index (Phi) is 4.62. The van der Waals surface area contributed by atoms with E-state index >= 15 is 0 Å². The van der Waals surface area contributed by atoms with Crippen molar-refractivity contribution in [2.75, 3.05) is 26.5 Å². The average molecular weight is 339 g/mol. The van der Waals surface area contributed by atoms with Gasteiger partial charge in [0.1, 0.15) is 0 Å². The van der Waals surface area contributed by atoms with Gasteiger partial charge in [-0.25, -0.2) is 4.98 Å². The average Bonchev–Trinajstić information content (AvgIpc) is 3.07. The number of likely N-dealkylation sites (tertiary alicyclic amines) is 1. The smallest absolute Gasteiger partial charge is 0.228 e. The molecule has 2 heterocycles. The largest absolute Gasteiger partial charge is 0.381 e. The maximum Gasteiger partial charge on any atom is 0.228 e. The highest BCUT2D eigenvalue weighted by molar-refractivity contribution is 7.15. The fourth-order valence-electron chi connectivity index (χ4n) is 4.03. The number of nitrogens with two attached hydrogens (primary N) is 1. The molecule has 0 aromatic carbocycles. The summed E-state index contributed by atoms with van der Waals surface area (Å²) in [5.74, 6) is 0.137. The van der Waals surface area contributed by atoms with Crippen LogP contribution in [0.3, 0.4) is 0 Å². The molecule has 6 nitrogen and oxygen atoms in total. The summed E-state index contributed by atoms with van der Waals surface area (Å²) < 4.78 is 11.4. The van der Waals surface area contributed by atoms with Crippen LogP contribution in [0.1, 0.15) is 36.3 Å².